The highest BCUT2D eigenvalue weighted by Gasteiger charge is 2.32. The van der Waals surface area contributed by atoms with Crippen molar-refractivity contribution in [3.8, 4) is 5.75 Å². The largest absolute Gasteiger partial charge is 0.481 e. The lowest BCUT2D eigenvalue weighted by molar-refractivity contribution is -0.118. The molecule has 32 heavy (non-hydrogen) atoms. The second kappa shape index (κ2) is 9.05. The molecule has 0 unspecified atom stereocenters. The van der Waals surface area contributed by atoms with Gasteiger partial charge in [0.25, 0.3) is 5.91 Å². The monoisotopic (exact) mass is 494 g/mol. The van der Waals surface area contributed by atoms with Crippen LogP contribution in [0.5, 0.6) is 5.75 Å². The number of nitrogens with one attached hydrogen (secondary N) is 1. The number of anilines is 1. The summed E-state index contributed by atoms with van der Waals surface area (Å²) in [4.78, 5) is 30.0. The second-order valence-corrected chi connectivity index (χ2v) is 10.7. The van der Waals surface area contributed by atoms with Gasteiger partial charge in [-0.3, -0.25) is 9.78 Å². The number of aromatic nitrogens is 1. The van der Waals surface area contributed by atoms with Gasteiger partial charge in [-0.05, 0) is 43.2 Å². The average Bonchev–Trinajstić information content (AvgIpc) is 3.09. The number of amides is 1. The number of esters is 1. The summed E-state index contributed by atoms with van der Waals surface area (Å²) < 4.78 is 34.8. The maximum Gasteiger partial charge on any atom is 0.341 e. The van der Waals surface area contributed by atoms with Gasteiger partial charge in [0.15, 0.2) is 16.4 Å². The summed E-state index contributed by atoms with van der Waals surface area (Å²) in [5.74, 6) is -0.906. The topological polar surface area (TPSA) is 112 Å². The summed E-state index contributed by atoms with van der Waals surface area (Å²) >= 11 is 7.26. The van der Waals surface area contributed by atoms with Gasteiger partial charge in [-0.15, -0.1) is 11.3 Å². The van der Waals surface area contributed by atoms with Crippen molar-refractivity contribution in [3.05, 3.63) is 51.5 Å². The van der Waals surface area contributed by atoms with Crippen LogP contribution in [0.15, 0.2) is 30.5 Å². The Kier molecular flexibility index (Phi) is 6.36. The highest BCUT2D eigenvalue weighted by Crippen LogP contribution is 2.38. The molecule has 3 heterocycles. The molecule has 1 aliphatic rings. The van der Waals surface area contributed by atoms with E-state index >= 15 is 0 Å². The predicted octanol–water partition coefficient (Wildman–Crippen LogP) is 3.61. The first-order valence-corrected chi connectivity index (χ1v) is 12.8. The minimum Gasteiger partial charge on any atom is -0.481 e. The van der Waals surface area contributed by atoms with Crippen LogP contribution in [-0.2, 0) is 31.5 Å². The number of hydrogen-bond donors (Lipinski definition) is 1. The summed E-state index contributed by atoms with van der Waals surface area (Å²) in [6, 6.07) is 6.84. The molecular weight excluding hydrogens is 476 g/mol. The van der Waals surface area contributed by atoms with Gasteiger partial charge in [0, 0.05) is 16.5 Å². The Morgan fingerprint density at radius 3 is 2.88 bits per heavy atom. The third-order valence-corrected chi connectivity index (χ3v) is 8.09. The summed E-state index contributed by atoms with van der Waals surface area (Å²) in [6.45, 7) is 1.50. The zero-order valence-corrected chi connectivity index (χ0v) is 19.4. The summed E-state index contributed by atoms with van der Waals surface area (Å²) in [5.41, 5.74) is 1.36. The molecule has 0 atom stereocenters. The molecule has 0 bridgehead atoms. The van der Waals surface area contributed by atoms with E-state index in [2.05, 4.69) is 10.3 Å². The smallest absolute Gasteiger partial charge is 0.341 e. The number of carbonyl (C=O) groups excluding carboxylic acids is 2. The molecule has 2 aromatic heterocycles. The lowest BCUT2D eigenvalue weighted by atomic mass is 10.1. The Balaban J connectivity index is 1.55. The number of pyridine rings is 1. The fourth-order valence-electron chi connectivity index (χ4n) is 3.46. The maximum atomic E-state index is 12.6. The molecule has 1 aliphatic heterocycles. The van der Waals surface area contributed by atoms with E-state index in [0.717, 1.165) is 11.3 Å². The van der Waals surface area contributed by atoms with Crippen molar-refractivity contribution in [2.75, 3.05) is 24.3 Å². The third kappa shape index (κ3) is 4.57. The molecule has 1 amide bonds. The fraction of sp³-hybridized carbons (Fsp3) is 0.286. The number of nitrogens with zero attached hydrogens (tertiary/aromatic N) is 1. The molecule has 1 N–H and O–H groups in total. The molecule has 0 fully saturated rings. The number of ether oxygens (including phenoxy) is 2. The van der Waals surface area contributed by atoms with Crippen LogP contribution in [0.4, 0.5) is 5.00 Å². The van der Waals surface area contributed by atoms with Gasteiger partial charge in [0.2, 0.25) is 0 Å². The second-order valence-electron chi connectivity index (χ2n) is 7.05. The molecule has 0 radical (unpaired) electrons. The molecule has 4 rings (SSSR count). The molecule has 3 aromatic rings. The first-order valence-electron chi connectivity index (χ1n) is 9.77. The average molecular weight is 495 g/mol. The molecular formula is C21H19ClN2O6S2. The first-order chi connectivity index (χ1) is 15.3. The highest BCUT2D eigenvalue weighted by atomic mass is 35.5. The third-order valence-electron chi connectivity index (χ3n) is 4.88. The molecule has 11 heteroatoms. The number of sulfone groups is 1. The number of carbonyl (C=O) groups is 2. The van der Waals surface area contributed by atoms with Crippen molar-refractivity contribution in [1.29, 1.82) is 0 Å². The standard InChI is InChI=1S/C21H19ClN2O6S2/c1-2-29-21(26)18-13-7-9-32(27,28)11-16(13)31-20(18)24-17(25)10-30-15-6-5-14(22)12-4-3-8-23-19(12)15/h3-6,8H,2,7,9-11H2,1H3,(H,24,25). The van der Waals surface area contributed by atoms with Crippen LogP contribution < -0.4 is 10.1 Å². The lowest BCUT2D eigenvalue weighted by Gasteiger charge is -2.13. The Morgan fingerprint density at radius 2 is 2.09 bits per heavy atom. The summed E-state index contributed by atoms with van der Waals surface area (Å²) in [5, 5.41) is 4.15. The van der Waals surface area contributed by atoms with E-state index in [0.29, 0.717) is 32.1 Å². The van der Waals surface area contributed by atoms with E-state index in [1.807, 2.05) is 0 Å². The predicted molar refractivity (Wildman–Crippen MR) is 122 cm³/mol. The maximum absolute atomic E-state index is 12.6. The molecule has 0 spiro atoms. The van der Waals surface area contributed by atoms with Crippen LogP contribution in [0, 0.1) is 0 Å². The van der Waals surface area contributed by atoms with Crippen LogP contribution in [-0.4, -0.2) is 44.2 Å². The van der Waals surface area contributed by atoms with Crippen molar-refractivity contribution in [2.24, 2.45) is 0 Å². The zero-order valence-electron chi connectivity index (χ0n) is 17.0. The Morgan fingerprint density at radius 1 is 1.28 bits per heavy atom. The van der Waals surface area contributed by atoms with Crippen molar-refractivity contribution in [1.82, 2.24) is 4.98 Å². The normalized spacial score (nSPS) is 14.6. The van der Waals surface area contributed by atoms with E-state index in [1.165, 1.54) is 0 Å². The molecule has 168 valence electrons. The van der Waals surface area contributed by atoms with Crippen LogP contribution in [0.2, 0.25) is 5.02 Å². The SMILES string of the molecule is CCOC(=O)c1c(NC(=O)COc2ccc(Cl)c3cccnc23)sc2c1CCS(=O)(=O)C2. The summed E-state index contributed by atoms with van der Waals surface area (Å²) in [7, 11) is -3.23. The van der Waals surface area contributed by atoms with Crippen LogP contribution in [0.1, 0.15) is 27.7 Å². The minimum absolute atomic E-state index is 0.0454. The molecule has 0 saturated carbocycles. The summed E-state index contributed by atoms with van der Waals surface area (Å²) in [6.07, 6.45) is 1.80. The zero-order chi connectivity index (χ0) is 22.9. The number of rotatable bonds is 6. The highest BCUT2D eigenvalue weighted by molar-refractivity contribution is 7.90. The van der Waals surface area contributed by atoms with Gasteiger partial charge in [-0.1, -0.05) is 11.6 Å². The molecule has 1 aromatic carbocycles. The van der Waals surface area contributed by atoms with E-state index in [-0.39, 0.29) is 41.7 Å². The number of halogens is 1. The van der Waals surface area contributed by atoms with Crippen LogP contribution >= 0.6 is 22.9 Å². The molecule has 8 nitrogen and oxygen atoms in total. The van der Waals surface area contributed by atoms with Crippen LogP contribution in [0.25, 0.3) is 10.9 Å². The Labute approximate surface area is 193 Å². The fourth-order valence-corrected chi connectivity index (χ4v) is 6.73. The van der Waals surface area contributed by atoms with Crippen molar-refractivity contribution in [3.63, 3.8) is 0 Å². The van der Waals surface area contributed by atoms with E-state index < -0.39 is 21.7 Å². The van der Waals surface area contributed by atoms with Gasteiger partial charge in [0.1, 0.15) is 16.3 Å². The number of hydrogen-bond acceptors (Lipinski definition) is 8. The van der Waals surface area contributed by atoms with Crippen molar-refractivity contribution >= 4 is 60.6 Å². The van der Waals surface area contributed by atoms with Gasteiger partial charge in [-0.2, -0.15) is 0 Å². The van der Waals surface area contributed by atoms with Gasteiger partial charge in [0.05, 0.1) is 28.7 Å². The van der Waals surface area contributed by atoms with Gasteiger partial charge in [-0.25, -0.2) is 13.2 Å². The van der Waals surface area contributed by atoms with Crippen molar-refractivity contribution in [2.45, 2.75) is 19.1 Å². The number of benzene rings is 1. The van der Waals surface area contributed by atoms with E-state index in [4.69, 9.17) is 21.1 Å². The Bertz CT molecular complexity index is 1320. The first kappa shape index (κ1) is 22.5. The van der Waals surface area contributed by atoms with Crippen molar-refractivity contribution < 1.29 is 27.5 Å². The van der Waals surface area contributed by atoms with E-state index in [1.54, 1.807) is 37.4 Å². The van der Waals surface area contributed by atoms with Crippen LogP contribution in [0.3, 0.4) is 0 Å². The lowest BCUT2D eigenvalue weighted by Crippen LogP contribution is -2.22. The Hall–Kier alpha value is -2.69. The minimum atomic E-state index is -3.23. The van der Waals surface area contributed by atoms with Gasteiger partial charge < -0.3 is 14.8 Å². The number of fused-ring (bicyclic) bond motifs is 2. The molecule has 0 saturated heterocycles. The van der Waals surface area contributed by atoms with Gasteiger partial charge >= 0.3 is 5.97 Å². The number of thiophene rings is 1. The van der Waals surface area contributed by atoms with E-state index in [9.17, 15) is 18.0 Å². The molecule has 0 aliphatic carbocycles. The quantitative estimate of drug-likeness (QED) is 0.521.